The van der Waals surface area contributed by atoms with Crippen molar-refractivity contribution in [3.63, 3.8) is 0 Å². The van der Waals surface area contributed by atoms with Crippen molar-refractivity contribution in [2.24, 2.45) is 0 Å². The average molecular weight is 380 g/mol. The smallest absolute Gasteiger partial charge is 0.337 e. The number of nitrogens with zero attached hydrogens (tertiary/aromatic N) is 3. The maximum absolute atomic E-state index is 13.0. The zero-order valence-electron chi connectivity index (χ0n) is 15.8. The minimum atomic E-state index is -1.09. The number of hydrogen-bond acceptors (Lipinski definition) is 5. The number of aromatic nitrogens is 3. The first-order chi connectivity index (χ1) is 13.3. The first-order valence-electron chi connectivity index (χ1n) is 8.77. The number of carboxylic acids is 1. The number of aromatic amines is 1. The molecule has 0 radical (unpaired) electrons. The molecule has 0 unspecified atom stereocenters. The van der Waals surface area contributed by atoms with Gasteiger partial charge in [0.1, 0.15) is 11.5 Å². The number of rotatable bonds is 5. The van der Waals surface area contributed by atoms with Crippen LogP contribution in [0, 0.1) is 6.92 Å². The molecule has 1 amide bonds. The minimum Gasteiger partial charge on any atom is -0.478 e. The molecule has 0 saturated carbocycles. The number of fused-ring (bicyclic) bond motifs is 1. The van der Waals surface area contributed by atoms with Crippen LogP contribution in [0.1, 0.15) is 46.2 Å². The van der Waals surface area contributed by atoms with Gasteiger partial charge in [-0.1, -0.05) is 12.1 Å². The van der Waals surface area contributed by atoms with E-state index in [-0.39, 0.29) is 41.0 Å². The number of benzene rings is 1. The lowest BCUT2D eigenvalue weighted by Gasteiger charge is -2.26. The maximum atomic E-state index is 13.0. The molecule has 0 bridgehead atoms. The number of carbonyl (C=O) groups is 2. The average Bonchev–Trinajstić information content (AvgIpc) is 2.65. The first kappa shape index (κ1) is 19.2. The number of carbonyl (C=O) groups excluding carboxylic acids is 1. The first-order valence-corrected chi connectivity index (χ1v) is 8.77. The molecule has 0 aliphatic rings. The van der Waals surface area contributed by atoms with E-state index in [0.717, 1.165) is 0 Å². The summed E-state index contributed by atoms with van der Waals surface area (Å²) in [6.07, 6.45) is 0. The van der Waals surface area contributed by atoms with Gasteiger partial charge in [0, 0.05) is 6.04 Å². The van der Waals surface area contributed by atoms with Crippen LogP contribution in [0.15, 0.2) is 41.2 Å². The predicted molar refractivity (Wildman–Crippen MR) is 103 cm³/mol. The summed E-state index contributed by atoms with van der Waals surface area (Å²) in [5.41, 5.74) is 0.737. The van der Waals surface area contributed by atoms with Crippen molar-refractivity contribution in [3.05, 3.63) is 69.5 Å². The van der Waals surface area contributed by atoms with Crippen molar-refractivity contribution in [2.75, 3.05) is 0 Å². The van der Waals surface area contributed by atoms with Crippen molar-refractivity contribution in [1.82, 2.24) is 19.9 Å². The van der Waals surface area contributed by atoms with Crippen molar-refractivity contribution in [1.29, 1.82) is 0 Å². The molecule has 0 atom stereocenters. The Morgan fingerprint density at radius 3 is 2.50 bits per heavy atom. The Bertz CT molecular complexity index is 1120. The van der Waals surface area contributed by atoms with Crippen LogP contribution >= 0.6 is 0 Å². The lowest BCUT2D eigenvalue weighted by Crippen LogP contribution is -2.38. The van der Waals surface area contributed by atoms with E-state index >= 15 is 0 Å². The highest BCUT2D eigenvalue weighted by Crippen LogP contribution is 2.14. The van der Waals surface area contributed by atoms with Crippen molar-refractivity contribution < 1.29 is 14.7 Å². The van der Waals surface area contributed by atoms with Crippen molar-refractivity contribution in [3.8, 4) is 0 Å². The number of nitrogens with one attached hydrogen (secondary N) is 1. The lowest BCUT2D eigenvalue weighted by atomic mass is 10.1. The number of carboxylic acid groups (broad SMARTS) is 1. The van der Waals surface area contributed by atoms with Gasteiger partial charge in [0.15, 0.2) is 0 Å². The molecule has 2 N–H and O–H groups in total. The van der Waals surface area contributed by atoms with Crippen LogP contribution in [0.25, 0.3) is 10.9 Å². The molecule has 28 heavy (non-hydrogen) atoms. The fourth-order valence-electron chi connectivity index (χ4n) is 2.91. The summed E-state index contributed by atoms with van der Waals surface area (Å²) in [5.74, 6) is -1.10. The van der Waals surface area contributed by atoms with Crippen molar-refractivity contribution >= 4 is 22.8 Å². The fourth-order valence-corrected chi connectivity index (χ4v) is 2.91. The number of aryl methyl sites for hydroxylation is 1. The van der Waals surface area contributed by atoms with E-state index < -0.39 is 5.97 Å². The highest BCUT2D eigenvalue weighted by atomic mass is 16.4. The second kappa shape index (κ2) is 7.59. The Kier molecular flexibility index (Phi) is 5.21. The number of para-hydroxylation sites is 1. The summed E-state index contributed by atoms with van der Waals surface area (Å²) in [6, 6.07) is 9.55. The van der Waals surface area contributed by atoms with E-state index in [1.54, 1.807) is 31.2 Å². The van der Waals surface area contributed by atoms with Gasteiger partial charge < -0.3 is 15.0 Å². The third-order valence-corrected chi connectivity index (χ3v) is 4.40. The van der Waals surface area contributed by atoms with E-state index in [0.29, 0.717) is 16.7 Å². The van der Waals surface area contributed by atoms with E-state index in [4.69, 9.17) is 5.11 Å². The molecule has 0 fully saturated rings. The lowest BCUT2D eigenvalue weighted by molar-refractivity contribution is 0.0669. The molecule has 144 valence electrons. The third kappa shape index (κ3) is 3.75. The SMILES string of the molecule is Cc1nc(C(=O)N(Cc2nc3ccccc3c(=O)[nH]2)C(C)C)ccc1C(=O)O. The summed E-state index contributed by atoms with van der Waals surface area (Å²) in [7, 11) is 0. The zero-order valence-corrected chi connectivity index (χ0v) is 15.8. The van der Waals surface area contributed by atoms with Gasteiger partial charge in [-0.15, -0.1) is 0 Å². The van der Waals surface area contributed by atoms with Crippen LogP contribution in [0.3, 0.4) is 0 Å². The van der Waals surface area contributed by atoms with Gasteiger partial charge in [0.25, 0.3) is 11.5 Å². The monoisotopic (exact) mass is 380 g/mol. The number of hydrogen-bond donors (Lipinski definition) is 2. The van der Waals surface area contributed by atoms with Crippen LogP contribution < -0.4 is 5.56 Å². The molecule has 8 nitrogen and oxygen atoms in total. The van der Waals surface area contributed by atoms with Crippen LogP contribution in [0.2, 0.25) is 0 Å². The summed E-state index contributed by atoms with van der Waals surface area (Å²) in [6.45, 7) is 5.32. The number of pyridine rings is 1. The van der Waals surface area contributed by atoms with E-state index in [1.165, 1.54) is 17.0 Å². The zero-order chi connectivity index (χ0) is 20.4. The number of H-pyrrole nitrogens is 1. The largest absolute Gasteiger partial charge is 0.478 e. The molecule has 0 aliphatic carbocycles. The van der Waals surface area contributed by atoms with Crippen LogP contribution in [-0.4, -0.2) is 42.9 Å². The van der Waals surface area contributed by atoms with Gasteiger partial charge in [-0.2, -0.15) is 0 Å². The van der Waals surface area contributed by atoms with Crippen LogP contribution in [0.4, 0.5) is 0 Å². The van der Waals surface area contributed by atoms with Crippen LogP contribution in [-0.2, 0) is 6.54 Å². The standard InChI is InChI=1S/C20H20N4O4/c1-11(2)24(19(26)16-9-8-13(20(27)28)12(3)21-16)10-17-22-15-7-5-4-6-14(15)18(25)23-17/h4-9,11H,10H2,1-3H3,(H,27,28)(H,22,23,25). The van der Waals surface area contributed by atoms with Gasteiger partial charge in [-0.25, -0.2) is 14.8 Å². The molecular weight excluding hydrogens is 360 g/mol. The molecule has 3 aromatic rings. The second-order valence-electron chi connectivity index (χ2n) is 6.69. The third-order valence-electron chi connectivity index (χ3n) is 4.40. The molecule has 8 heteroatoms. The predicted octanol–water partition coefficient (Wildman–Crippen LogP) is 2.38. The molecular formula is C20H20N4O4. The number of amides is 1. The molecule has 0 spiro atoms. The molecule has 1 aromatic carbocycles. The van der Waals surface area contributed by atoms with E-state index in [9.17, 15) is 14.4 Å². The van der Waals surface area contributed by atoms with E-state index in [2.05, 4.69) is 15.0 Å². The van der Waals surface area contributed by atoms with Gasteiger partial charge >= 0.3 is 5.97 Å². The van der Waals surface area contributed by atoms with Gasteiger partial charge in [-0.3, -0.25) is 9.59 Å². The van der Waals surface area contributed by atoms with Gasteiger partial charge in [0.05, 0.1) is 28.7 Å². The Morgan fingerprint density at radius 1 is 1.14 bits per heavy atom. The van der Waals surface area contributed by atoms with Gasteiger partial charge in [-0.05, 0) is 45.0 Å². The molecule has 0 saturated heterocycles. The Morgan fingerprint density at radius 2 is 1.86 bits per heavy atom. The molecule has 3 rings (SSSR count). The minimum absolute atomic E-state index is 0.0492. The van der Waals surface area contributed by atoms with Crippen molar-refractivity contribution in [2.45, 2.75) is 33.4 Å². The summed E-state index contributed by atoms with van der Waals surface area (Å²) in [4.78, 5) is 49.2. The van der Waals surface area contributed by atoms with E-state index in [1.807, 2.05) is 13.8 Å². The second-order valence-corrected chi connectivity index (χ2v) is 6.69. The number of aromatic carboxylic acids is 1. The summed E-state index contributed by atoms with van der Waals surface area (Å²) in [5, 5.41) is 9.60. The normalized spacial score (nSPS) is 11.0. The Hall–Kier alpha value is -3.55. The Balaban J connectivity index is 1.94. The van der Waals surface area contributed by atoms with Gasteiger partial charge in [0.2, 0.25) is 0 Å². The molecule has 0 aliphatic heterocycles. The fraction of sp³-hybridized carbons (Fsp3) is 0.250. The summed E-state index contributed by atoms with van der Waals surface area (Å²) < 4.78 is 0. The topological polar surface area (TPSA) is 116 Å². The Labute approximate surface area is 160 Å². The quantitative estimate of drug-likeness (QED) is 0.702. The van der Waals surface area contributed by atoms with Crippen LogP contribution in [0.5, 0.6) is 0 Å². The maximum Gasteiger partial charge on any atom is 0.337 e. The highest BCUT2D eigenvalue weighted by Gasteiger charge is 2.23. The summed E-state index contributed by atoms with van der Waals surface area (Å²) >= 11 is 0. The molecule has 2 aromatic heterocycles. The highest BCUT2D eigenvalue weighted by molar-refractivity contribution is 5.94. The molecule has 2 heterocycles.